The fourth-order valence-corrected chi connectivity index (χ4v) is 3.48. The van der Waals surface area contributed by atoms with Crippen LogP contribution in [-0.4, -0.2) is 42.5 Å². The zero-order chi connectivity index (χ0) is 23.1. The van der Waals surface area contributed by atoms with E-state index in [2.05, 4.69) is 5.32 Å². The van der Waals surface area contributed by atoms with E-state index in [-0.39, 0.29) is 30.7 Å². The zero-order valence-corrected chi connectivity index (χ0v) is 18.9. The van der Waals surface area contributed by atoms with Crippen molar-refractivity contribution in [2.75, 3.05) is 19.8 Å². The summed E-state index contributed by atoms with van der Waals surface area (Å²) in [6, 6.07) is 11.2. The molecule has 3 rings (SSSR count). The standard InChI is InChI=1S/C25H31FN2O4/c1-17(2)15-27-25(30)18(3)28(16-20-6-4-5-7-21(20)26)24(29)11-9-19-8-10-22-23(14-19)32-13-12-31-22/h4-8,10,14,17-18H,9,11-13,15-16H2,1-3H3,(H,27,30)/t18-/m1/s1. The highest BCUT2D eigenvalue weighted by Gasteiger charge is 2.27. The molecule has 172 valence electrons. The summed E-state index contributed by atoms with van der Waals surface area (Å²) in [7, 11) is 0. The highest BCUT2D eigenvalue weighted by atomic mass is 19.1. The third-order valence-corrected chi connectivity index (χ3v) is 5.38. The Hall–Kier alpha value is -3.09. The SMILES string of the molecule is CC(C)CNC(=O)[C@@H](C)N(Cc1ccccc1F)C(=O)CCc1ccc2c(c1)OCCO2. The van der Waals surface area contributed by atoms with Crippen molar-refractivity contribution < 1.29 is 23.5 Å². The Morgan fingerprint density at radius 3 is 2.50 bits per heavy atom. The molecule has 2 aromatic carbocycles. The second-order valence-electron chi connectivity index (χ2n) is 8.41. The van der Waals surface area contributed by atoms with Gasteiger partial charge in [-0.1, -0.05) is 38.1 Å². The zero-order valence-electron chi connectivity index (χ0n) is 18.9. The Kier molecular flexibility index (Phi) is 8.09. The van der Waals surface area contributed by atoms with Crippen LogP contribution in [0.4, 0.5) is 4.39 Å². The van der Waals surface area contributed by atoms with Crippen LogP contribution in [0.1, 0.15) is 38.3 Å². The van der Waals surface area contributed by atoms with Crippen LogP contribution in [0.25, 0.3) is 0 Å². The van der Waals surface area contributed by atoms with E-state index in [9.17, 15) is 14.0 Å². The number of halogens is 1. The number of rotatable bonds is 9. The van der Waals surface area contributed by atoms with Crippen molar-refractivity contribution in [1.82, 2.24) is 10.2 Å². The molecule has 0 saturated heterocycles. The predicted molar refractivity (Wildman–Crippen MR) is 120 cm³/mol. The summed E-state index contributed by atoms with van der Waals surface area (Å²) in [5.41, 5.74) is 1.31. The van der Waals surface area contributed by atoms with Gasteiger partial charge in [-0.15, -0.1) is 0 Å². The molecule has 0 aromatic heterocycles. The Morgan fingerprint density at radius 2 is 1.78 bits per heavy atom. The van der Waals surface area contributed by atoms with Gasteiger partial charge in [-0.05, 0) is 43.0 Å². The van der Waals surface area contributed by atoms with Gasteiger partial charge in [0.25, 0.3) is 0 Å². The molecule has 1 N–H and O–H groups in total. The molecule has 6 nitrogen and oxygen atoms in total. The van der Waals surface area contributed by atoms with Gasteiger partial charge in [0.1, 0.15) is 25.1 Å². The minimum Gasteiger partial charge on any atom is -0.486 e. The van der Waals surface area contributed by atoms with E-state index in [0.29, 0.717) is 43.2 Å². The van der Waals surface area contributed by atoms with Gasteiger partial charge in [0.15, 0.2) is 11.5 Å². The minimum atomic E-state index is -0.721. The first-order valence-corrected chi connectivity index (χ1v) is 11.0. The number of benzene rings is 2. The van der Waals surface area contributed by atoms with E-state index in [1.807, 2.05) is 32.0 Å². The second kappa shape index (κ2) is 11.0. The first kappa shape index (κ1) is 23.6. The van der Waals surface area contributed by atoms with Crippen LogP contribution in [0, 0.1) is 11.7 Å². The van der Waals surface area contributed by atoms with Crippen LogP contribution in [0.2, 0.25) is 0 Å². The lowest BCUT2D eigenvalue weighted by Crippen LogP contribution is -2.48. The smallest absolute Gasteiger partial charge is 0.242 e. The summed E-state index contributed by atoms with van der Waals surface area (Å²) in [5, 5.41) is 2.87. The Bertz CT molecular complexity index is 947. The third-order valence-electron chi connectivity index (χ3n) is 5.38. The minimum absolute atomic E-state index is 0.0307. The molecule has 1 aliphatic heterocycles. The van der Waals surface area contributed by atoms with E-state index in [1.54, 1.807) is 25.1 Å². The van der Waals surface area contributed by atoms with Gasteiger partial charge < -0.3 is 19.7 Å². The summed E-state index contributed by atoms with van der Waals surface area (Å²) >= 11 is 0. The summed E-state index contributed by atoms with van der Waals surface area (Å²) in [5.74, 6) is 0.802. The molecule has 1 heterocycles. The second-order valence-corrected chi connectivity index (χ2v) is 8.41. The van der Waals surface area contributed by atoms with E-state index < -0.39 is 11.9 Å². The fraction of sp³-hybridized carbons (Fsp3) is 0.440. The molecule has 32 heavy (non-hydrogen) atoms. The fourth-order valence-electron chi connectivity index (χ4n) is 3.48. The molecule has 1 aliphatic rings. The molecule has 0 saturated carbocycles. The van der Waals surface area contributed by atoms with Crippen LogP contribution < -0.4 is 14.8 Å². The Labute approximate surface area is 188 Å². The van der Waals surface area contributed by atoms with Gasteiger partial charge in [-0.25, -0.2) is 4.39 Å². The van der Waals surface area contributed by atoms with Gasteiger partial charge in [0, 0.05) is 25.1 Å². The van der Waals surface area contributed by atoms with Crippen molar-refractivity contribution >= 4 is 11.8 Å². The Balaban J connectivity index is 1.71. The van der Waals surface area contributed by atoms with Crippen LogP contribution in [0.15, 0.2) is 42.5 Å². The highest BCUT2D eigenvalue weighted by Crippen LogP contribution is 2.31. The molecule has 0 fully saturated rings. The summed E-state index contributed by atoms with van der Waals surface area (Å²) in [6.45, 7) is 7.24. The molecule has 0 spiro atoms. The van der Waals surface area contributed by atoms with E-state index in [1.165, 1.54) is 11.0 Å². The summed E-state index contributed by atoms with van der Waals surface area (Å²) in [6.07, 6.45) is 0.666. The Morgan fingerprint density at radius 1 is 1.06 bits per heavy atom. The molecule has 2 amide bonds. The molecular formula is C25H31FN2O4. The molecular weight excluding hydrogens is 411 g/mol. The molecule has 7 heteroatoms. The topological polar surface area (TPSA) is 67.9 Å². The lowest BCUT2D eigenvalue weighted by molar-refractivity contribution is -0.140. The van der Waals surface area contributed by atoms with Gasteiger partial charge in [0.2, 0.25) is 11.8 Å². The molecule has 0 unspecified atom stereocenters. The third kappa shape index (κ3) is 6.22. The highest BCUT2D eigenvalue weighted by molar-refractivity contribution is 5.87. The quantitative estimate of drug-likeness (QED) is 0.643. The molecule has 0 bridgehead atoms. The first-order valence-electron chi connectivity index (χ1n) is 11.0. The summed E-state index contributed by atoms with van der Waals surface area (Å²) < 4.78 is 25.4. The van der Waals surface area contributed by atoms with E-state index in [4.69, 9.17) is 9.47 Å². The van der Waals surface area contributed by atoms with Crippen LogP contribution in [-0.2, 0) is 22.6 Å². The maximum absolute atomic E-state index is 14.3. The van der Waals surface area contributed by atoms with Crippen molar-refractivity contribution in [3.05, 3.63) is 59.4 Å². The number of nitrogens with zero attached hydrogens (tertiary/aromatic N) is 1. The van der Waals surface area contributed by atoms with Gasteiger partial charge >= 0.3 is 0 Å². The molecule has 1 atom stereocenters. The normalized spacial score (nSPS) is 13.5. The van der Waals surface area contributed by atoms with Crippen molar-refractivity contribution in [3.63, 3.8) is 0 Å². The molecule has 0 radical (unpaired) electrons. The maximum atomic E-state index is 14.3. The average Bonchev–Trinajstić information content (AvgIpc) is 2.79. The number of amides is 2. The number of hydrogen-bond acceptors (Lipinski definition) is 4. The van der Waals surface area contributed by atoms with E-state index >= 15 is 0 Å². The molecule has 0 aliphatic carbocycles. The number of fused-ring (bicyclic) bond motifs is 1. The molecule has 2 aromatic rings. The number of aryl methyl sites for hydroxylation is 1. The summed E-state index contributed by atoms with van der Waals surface area (Å²) in [4.78, 5) is 27.3. The van der Waals surface area contributed by atoms with E-state index in [0.717, 1.165) is 5.56 Å². The number of hydrogen-bond donors (Lipinski definition) is 1. The van der Waals surface area contributed by atoms with Crippen molar-refractivity contribution in [1.29, 1.82) is 0 Å². The van der Waals surface area contributed by atoms with Crippen molar-refractivity contribution in [2.24, 2.45) is 5.92 Å². The number of nitrogens with one attached hydrogen (secondary N) is 1. The van der Waals surface area contributed by atoms with Crippen LogP contribution in [0.3, 0.4) is 0 Å². The largest absolute Gasteiger partial charge is 0.486 e. The van der Waals surface area contributed by atoms with Gasteiger partial charge in [-0.3, -0.25) is 9.59 Å². The van der Waals surface area contributed by atoms with Crippen LogP contribution >= 0.6 is 0 Å². The lowest BCUT2D eigenvalue weighted by Gasteiger charge is -2.29. The van der Waals surface area contributed by atoms with Crippen molar-refractivity contribution in [3.8, 4) is 11.5 Å². The number of ether oxygens (including phenoxy) is 2. The maximum Gasteiger partial charge on any atom is 0.242 e. The van der Waals surface area contributed by atoms with Crippen LogP contribution in [0.5, 0.6) is 11.5 Å². The van der Waals surface area contributed by atoms with Crippen molar-refractivity contribution in [2.45, 2.75) is 46.2 Å². The lowest BCUT2D eigenvalue weighted by atomic mass is 10.1. The number of carbonyl (C=O) groups is 2. The number of carbonyl (C=O) groups excluding carboxylic acids is 2. The average molecular weight is 443 g/mol. The first-order chi connectivity index (χ1) is 15.3. The predicted octanol–water partition coefficient (Wildman–Crippen LogP) is 3.72. The van der Waals surface area contributed by atoms with Gasteiger partial charge in [0.05, 0.1) is 0 Å². The monoisotopic (exact) mass is 442 g/mol. The van der Waals surface area contributed by atoms with Gasteiger partial charge in [-0.2, -0.15) is 0 Å².